The number of carbonyl (C=O) groups is 3. The van der Waals surface area contributed by atoms with Gasteiger partial charge < -0.3 is 15.9 Å². The highest BCUT2D eigenvalue weighted by Crippen LogP contribution is 2.28. The molecule has 7 nitrogen and oxygen atoms in total. The molecule has 170 valence electrons. The van der Waals surface area contributed by atoms with E-state index in [2.05, 4.69) is 10.8 Å². The molecule has 0 radical (unpaired) electrons. The molecule has 4 N–H and O–H groups in total. The van der Waals surface area contributed by atoms with Crippen LogP contribution in [0.2, 0.25) is 0 Å². The second kappa shape index (κ2) is 11.4. The summed E-state index contributed by atoms with van der Waals surface area (Å²) in [5.41, 5.74) is 10.4. The molecule has 0 bridgehead atoms. The Labute approximate surface area is 188 Å². The molecule has 0 saturated heterocycles. The van der Waals surface area contributed by atoms with Crippen molar-refractivity contribution in [3.8, 4) is 0 Å². The molecule has 3 rings (SSSR count). The van der Waals surface area contributed by atoms with Crippen LogP contribution in [0.15, 0.2) is 54.6 Å². The zero-order valence-corrected chi connectivity index (χ0v) is 18.4. The second-order valence-corrected chi connectivity index (χ2v) is 8.36. The summed E-state index contributed by atoms with van der Waals surface area (Å²) in [5, 5.41) is 2.90. The summed E-state index contributed by atoms with van der Waals surface area (Å²) >= 11 is 0. The van der Waals surface area contributed by atoms with Crippen LogP contribution < -0.4 is 16.5 Å². The number of nitrogens with one attached hydrogen (secondary N) is 2. The van der Waals surface area contributed by atoms with Crippen molar-refractivity contribution in [3.63, 3.8) is 0 Å². The number of ketones is 1. The highest BCUT2D eigenvalue weighted by molar-refractivity contribution is 5.94. The van der Waals surface area contributed by atoms with E-state index in [1.165, 1.54) is 6.92 Å². The van der Waals surface area contributed by atoms with Crippen LogP contribution in [0.25, 0.3) is 0 Å². The van der Waals surface area contributed by atoms with Crippen LogP contribution >= 0.6 is 0 Å². The Balaban J connectivity index is 1.63. The maximum atomic E-state index is 12.9. The molecule has 1 aliphatic rings. The molecule has 1 saturated carbocycles. The Morgan fingerprint density at radius 1 is 1.00 bits per heavy atom. The highest BCUT2D eigenvalue weighted by atomic mass is 16.7. The third-order valence-electron chi connectivity index (χ3n) is 6.00. The molecule has 0 aromatic heterocycles. The van der Waals surface area contributed by atoms with E-state index in [1.54, 1.807) is 24.3 Å². The van der Waals surface area contributed by atoms with Crippen LogP contribution in [0.1, 0.15) is 48.5 Å². The van der Waals surface area contributed by atoms with Crippen molar-refractivity contribution >= 4 is 23.3 Å². The summed E-state index contributed by atoms with van der Waals surface area (Å²) in [6, 6.07) is 15.3. The first-order valence-corrected chi connectivity index (χ1v) is 11.1. The fourth-order valence-corrected chi connectivity index (χ4v) is 3.95. The molecule has 0 heterocycles. The Morgan fingerprint density at radius 3 is 2.25 bits per heavy atom. The normalized spacial score (nSPS) is 18.9. The van der Waals surface area contributed by atoms with Gasteiger partial charge in [-0.15, -0.1) is 0 Å². The average Bonchev–Trinajstić information content (AvgIpc) is 2.83. The van der Waals surface area contributed by atoms with E-state index < -0.39 is 12.0 Å². The van der Waals surface area contributed by atoms with E-state index in [4.69, 9.17) is 10.6 Å². The lowest BCUT2D eigenvalue weighted by atomic mass is 9.81. The lowest BCUT2D eigenvalue weighted by Gasteiger charge is -2.28. The molecule has 1 atom stereocenters. The largest absolute Gasteiger partial charge is 0.354 e. The first kappa shape index (κ1) is 23.5. The summed E-state index contributed by atoms with van der Waals surface area (Å²) in [5.74, 6) is -0.379. The molecule has 2 aromatic rings. The van der Waals surface area contributed by atoms with Crippen LogP contribution in [-0.2, 0) is 20.8 Å². The van der Waals surface area contributed by atoms with E-state index in [-0.39, 0.29) is 17.6 Å². The molecular weight excluding hydrogens is 406 g/mol. The molecule has 7 heteroatoms. The summed E-state index contributed by atoms with van der Waals surface area (Å²) in [6.45, 7) is 2.14. The van der Waals surface area contributed by atoms with Crippen molar-refractivity contribution in [3.05, 3.63) is 65.7 Å². The predicted molar refractivity (Wildman–Crippen MR) is 123 cm³/mol. The van der Waals surface area contributed by atoms with E-state index in [0.29, 0.717) is 30.1 Å². The molecule has 0 spiro atoms. The van der Waals surface area contributed by atoms with Crippen molar-refractivity contribution in [1.82, 2.24) is 5.32 Å². The number of benzene rings is 2. The van der Waals surface area contributed by atoms with Gasteiger partial charge in [0.15, 0.2) is 5.78 Å². The molecule has 0 unspecified atom stereocenters. The molecule has 1 aliphatic carbocycles. The predicted octanol–water partition coefficient (Wildman–Crippen LogP) is 3.25. The topological polar surface area (TPSA) is 111 Å². The number of nitrogens with two attached hydrogens (primary N) is 1. The van der Waals surface area contributed by atoms with Gasteiger partial charge in [-0.25, -0.2) is 10.3 Å². The Kier molecular flexibility index (Phi) is 8.39. The number of hydrogen-bond acceptors (Lipinski definition) is 6. The standard InChI is InChI=1S/C25H31N3O4/c1-17(29)20-11-13-22(14-12-20)28-32-25(31)23(15-18-5-3-2-4-6-18)27-24(30)21-9-7-19(16-26)8-10-21/h2-6,11-14,19,21,23,28H,7-10,15-16,26H2,1H3,(H,27,30)/t19?,21?,23-/m0/s1. The van der Waals surface area contributed by atoms with Gasteiger partial charge in [0.25, 0.3) is 0 Å². The van der Waals surface area contributed by atoms with Gasteiger partial charge in [-0.2, -0.15) is 0 Å². The van der Waals surface area contributed by atoms with Gasteiger partial charge >= 0.3 is 5.97 Å². The lowest BCUT2D eigenvalue weighted by molar-refractivity contribution is -0.145. The SMILES string of the molecule is CC(=O)c1ccc(NOC(=O)[C@H](Cc2ccccc2)NC(=O)C2CCC(CN)CC2)cc1. The van der Waals surface area contributed by atoms with E-state index in [0.717, 1.165) is 31.2 Å². The van der Waals surface area contributed by atoms with Crippen molar-refractivity contribution in [1.29, 1.82) is 0 Å². The van der Waals surface area contributed by atoms with E-state index >= 15 is 0 Å². The molecule has 0 aliphatic heterocycles. The molecule has 1 amide bonds. The van der Waals surface area contributed by atoms with Gasteiger partial charge in [0.1, 0.15) is 6.04 Å². The van der Waals surface area contributed by atoms with Gasteiger partial charge in [0, 0.05) is 17.9 Å². The third-order valence-corrected chi connectivity index (χ3v) is 6.00. The third kappa shape index (κ3) is 6.65. The Morgan fingerprint density at radius 2 is 1.66 bits per heavy atom. The van der Waals surface area contributed by atoms with Crippen molar-refractivity contribution in [2.24, 2.45) is 17.6 Å². The number of Topliss-reactive ketones (excluding diaryl/α,β-unsaturated/α-hetero) is 1. The van der Waals surface area contributed by atoms with Crippen LogP contribution in [0, 0.1) is 11.8 Å². The number of hydrogen-bond donors (Lipinski definition) is 3. The zero-order valence-electron chi connectivity index (χ0n) is 18.4. The molecular formula is C25H31N3O4. The quantitative estimate of drug-likeness (QED) is 0.410. The summed E-state index contributed by atoms with van der Waals surface area (Å²) in [7, 11) is 0. The van der Waals surface area contributed by atoms with Crippen molar-refractivity contribution < 1.29 is 19.2 Å². The van der Waals surface area contributed by atoms with Gasteiger partial charge in [0.2, 0.25) is 5.91 Å². The van der Waals surface area contributed by atoms with Gasteiger partial charge in [-0.1, -0.05) is 30.3 Å². The maximum absolute atomic E-state index is 12.9. The van der Waals surface area contributed by atoms with E-state index in [1.807, 2.05) is 30.3 Å². The number of rotatable bonds is 9. The highest BCUT2D eigenvalue weighted by Gasteiger charge is 2.30. The summed E-state index contributed by atoms with van der Waals surface area (Å²) < 4.78 is 0. The lowest BCUT2D eigenvalue weighted by Crippen LogP contribution is -2.47. The summed E-state index contributed by atoms with van der Waals surface area (Å²) in [4.78, 5) is 42.4. The van der Waals surface area contributed by atoms with Crippen LogP contribution in [0.4, 0.5) is 5.69 Å². The minimum atomic E-state index is -0.818. The van der Waals surface area contributed by atoms with Crippen LogP contribution in [0.5, 0.6) is 0 Å². The smallest absolute Gasteiger partial charge is 0.342 e. The maximum Gasteiger partial charge on any atom is 0.354 e. The number of anilines is 1. The number of carbonyl (C=O) groups excluding carboxylic acids is 3. The number of amides is 1. The fourth-order valence-electron chi connectivity index (χ4n) is 3.95. The summed E-state index contributed by atoms with van der Waals surface area (Å²) in [6.07, 6.45) is 3.75. The molecule has 2 aromatic carbocycles. The van der Waals surface area contributed by atoms with Crippen LogP contribution in [0.3, 0.4) is 0 Å². The fraction of sp³-hybridized carbons (Fsp3) is 0.400. The van der Waals surface area contributed by atoms with Gasteiger partial charge in [-0.3, -0.25) is 9.59 Å². The Bertz CT molecular complexity index is 907. The first-order chi connectivity index (χ1) is 15.5. The average molecular weight is 438 g/mol. The first-order valence-electron chi connectivity index (χ1n) is 11.1. The monoisotopic (exact) mass is 437 g/mol. The van der Waals surface area contributed by atoms with E-state index in [9.17, 15) is 14.4 Å². The minimum Gasteiger partial charge on any atom is -0.342 e. The minimum absolute atomic E-state index is 0.0420. The molecule has 1 fully saturated rings. The molecule has 32 heavy (non-hydrogen) atoms. The van der Waals surface area contributed by atoms with Crippen molar-refractivity contribution in [2.75, 3.05) is 12.0 Å². The second-order valence-electron chi connectivity index (χ2n) is 8.36. The van der Waals surface area contributed by atoms with Gasteiger partial charge in [-0.05, 0) is 74.9 Å². The Hall–Kier alpha value is -3.19. The van der Waals surface area contributed by atoms with Crippen molar-refractivity contribution in [2.45, 2.75) is 45.1 Å². The van der Waals surface area contributed by atoms with Crippen LogP contribution in [-0.4, -0.2) is 30.2 Å². The van der Waals surface area contributed by atoms with Gasteiger partial charge in [0.05, 0.1) is 5.69 Å². The zero-order chi connectivity index (χ0) is 22.9.